The Labute approximate surface area is 118 Å². The fourth-order valence-corrected chi connectivity index (χ4v) is 4.42. The molecule has 20 heavy (non-hydrogen) atoms. The van der Waals surface area contributed by atoms with E-state index in [4.69, 9.17) is 0 Å². The molecular weight excluding hydrogens is 256 g/mol. The highest BCUT2D eigenvalue weighted by molar-refractivity contribution is 5.89. The fourth-order valence-electron chi connectivity index (χ4n) is 4.42. The van der Waals surface area contributed by atoms with E-state index in [9.17, 15) is 9.59 Å². The van der Waals surface area contributed by atoms with E-state index in [0.717, 1.165) is 25.9 Å². The molecule has 1 saturated carbocycles. The zero-order valence-electron chi connectivity index (χ0n) is 11.6. The molecule has 3 heterocycles. The van der Waals surface area contributed by atoms with Gasteiger partial charge in [0.1, 0.15) is 6.04 Å². The molecule has 110 valence electrons. The summed E-state index contributed by atoms with van der Waals surface area (Å²) in [7, 11) is 0. The number of hydrogen-bond acceptors (Lipinski definition) is 3. The van der Waals surface area contributed by atoms with Crippen molar-refractivity contribution >= 4 is 11.9 Å². The van der Waals surface area contributed by atoms with Crippen molar-refractivity contribution in [2.45, 2.75) is 43.8 Å². The lowest BCUT2D eigenvalue weighted by Crippen LogP contribution is -2.57. The predicted molar refractivity (Wildman–Crippen MR) is 73.1 cm³/mol. The first-order valence-corrected chi connectivity index (χ1v) is 7.80. The van der Waals surface area contributed by atoms with Crippen molar-refractivity contribution in [2.75, 3.05) is 19.6 Å². The molecule has 1 aliphatic carbocycles. The van der Waals surface area contributed by atoms with E-state index in [0.29, 0.717) is 24.4 Å². The smallest absolute Gasteiger partial charge is 0.318 e. The molecule has 3 aliphatic heterocycles. The summed E-state index contributed by atoms with van der Waals surface area (Å²) in [6.07, 6.45) is 4.12. The molecule has 0 spiro atoms. The van der Waals surface area contributed by atoms with E-state index < -0.39 is 0 Å². The molecule has 6 nitrogen and oxygen atoms in total. The van der Waals surface area contributed by atoms with E-state index in [-0.39, 0.29) is 24.0 Å². The maximum Gasteiger partial charge on any atom is 0.318 e. The first kappa shape index (κ1) is 12.4. The van der Waals surface area contributed by atoms with Crippen LogP contribution in [0.2, 0.25) is 0 Å². The number of nitrogens with zero attached hydrogens (tertiary/aromatic N) is 1. The van der Waals surface area contributed by atoms with Gasteiger partial charge >= 0.3 is 6.03 Å². The first-order chi connectivity index (χ1) is 9.72. The van der Waals surface area contributed by atoms with Gasteiger partial charge in [0.25, 0.3) is 0 Å². The Kier molecular flexibility index (Phi) is 2.87. The monoisotopic (exact) mass is 278 g/mol. The van der Waals surface area contributed by atoms with Crippen molar-refractivity contribution in [1.29, 1.82) is 0 Å². The summed E-state index contributed by atoms with van der Waals surface area (Å²) in [5.74, 6) is 1.20. The van der Waals surface area contributed by atoms with Crippen LogP contribution < -0.4 is 16.0 Å². The molecule has 0 radical (unpaired) electrons. The zero-order valence-corrected chi connectivity index (χ0v) is 11.6. The maximum atomic E-state index is 12.6. The number of amides is 3. The molecule has 4 fully saturated rings. The minimum atomic E-state index is -0.261. The van der Waals surface area contributed by atoms with Crippen LogP contribution in [-0.4, -0.2) is 54.6 Å². The number of rotatable bonds is 2. The first-order valence-electron chi connectivity index (χ1n) is 7.80. The number of carbonyl (C=O) groups is 2. The molecule has 4 rings (SSSR count). The molecule has 2 unspecified atom stereocenters. The summed E-state index contributed by atoms with van der Waals surface area (Å²) in [6, 6.07) is 0.234. The number of carbonyl (C=O) groups excluding carboxylic acids is 2. The van der Waals surface area contributed by atoms with Crippen molar-refractivity contribution in [1.82, 2.24) is 20.9 Å². The van der Waals surface area contributed by atoms with Crippen LogP contribution in [0.3, 0.4) is 0 Å². The predicted octanol–water partition coefficient (Wildman–Crippen LogP) is -0.343. The van der Waals surface area contributed by atoms with Gasteiger partial charge in [0, 0.05) is 18.6 Å². The minimum absolute atomic E-state index is 0.0595. The Morgan fingerprint density at radius 1 is 1.15 bits per heavy atom. The Morgan fingerprint density at radius 2 is 1.90 bits per heavy atom. The van der Waals surface area contributed by atoms with Crippen LogP contribution in [0.4, 0.5) is 4.79 Å². The van der Waals surface area contributed by atoms with Crippen molar-refractivity contribution in [3.8, 4) is 0 Å². The fraction of sp³-hybridized carbons (Fsp3) is 0.857. The summed E-state index contributed by atoms with van der Waals surface area (Å²) in [6.45, 7) is 2.72. The van der Waals surface area contributed by atoms with Gasteiger partial charge in [0.2, 0.25) is 5.91 Å². The minimum Gasteiger partial charge on any atom is -0.351 e. The number of hydrogen-bond donors (Lipinski definition) is 3. The summed E-state index contributed by atoms with van der Waals surface area (Å²) in [5.41, 5.74) is 0. The van der Waals surface area contributed by atoms with Gasteiger partial charge < -0.3 is 20.9 Å². The van der Waals surface area contributed by atoms with Gasteiger partial charge in [-0.2, -0.15) is 0 Å². The third-order valence-electron chi connectivity index (χ3n) is 5.52. The zero-order chi connectivity index (χ0) is 13.7. The summed E-state index contributed by atoms with van der Waals surface area (Å²) in [5, 5.41) is 9.62. The second kappa shape index (κ2) is 4.62. The second-order valence-electron chi connectivity index (χ2n) is 6.68. The van der Waals surface area contributed by atoms with E-state index >= 15 is 0 Å². The van der Waals surface area contributed by atoms with E-state index in [1.165, 1.54) is 12.8 Å². The normalized spacial score (nSPS) is 42.5. The summed E-state index contributed by atoms with van der Waals surface area (Å²) >= 11 is 0. The largest absolute Gasteiger partial charge is 0.351 e. The highest BCUT2D eigenvalue weighted by Gasteiger charge is 2.45. The van der Waals surface area contributed by atoms with Gasteiger partial charge in [-0.1, -0.05) is 0 Å². The topological polar surface area (TPSA) is 73.5 Å². The third kappa shape index (κ3) is 1.89. The highest BCUT2D eigenvalue weighted by atomic mass is 16.2. The molecule has 3 saturated heterocycles. The molecule has 3 amide bonds. The second-order valence-corrected chi connectivity index (χ2v) is 6.68. The number of nitrogens with one attached hydrogen (secondary N) is 3. The van der Waals surface area contributed by atoms with E-state index in [1.807, 2.05) is 0 Å². The summed E-state index contributed by atoms with van der Waals surface area (Å²) < 4.78 is 0. The van der Waals surface area contributed by atoms with E-state index in [2.05, 4.69) is 16.0 Å². The molecule has 4 bridgehead atoms. The number of piperidine rings is 2. The molecule has 0 aromatic rings. The number of fused-ring (bicyclic) bond motifs is 4. The lowest BCUT2D eigenvalue weighted by Gasteiger charge is -2.35. The van der Waals surface area contributed by atoms with Gasteiger partial charge in [-0.15, -0.1) is 0 Å². The van der Waals surface area contributed by atoms with E-state index in [1.54, 1.807) is 4.90 Å². The van der Waals surface area contributed by atoms with Gasteiger partial charge in [-0.05, 0) is 50.6 Å². The molecule has 3 N–H and O–H groups in total. The Balaban J connectivity index is 1.44. The van der Waals surface area contributed by atoms with Gasteiger partial charge in [-0.3, -0.25) is 4.79 Å². The Bertz CT molecular complexity index is 425. The SMILES string of the molecule is O=C(NC1C2CCC1CNC2)[C@@H]1CC[C@@H]2CN1C(=O)N2. The van der Waals surface area contributed by atoms with Gasteiger partial charge in [-0.25, -0.2) is 4.79 Å². The highest BCUT2D eigenvalue weighted by Crippen LogP contribution is 2.34. The maximum absolute atomic E-state index is 12.6. The average molecular weight is 278 g/mol. The van der Waals surface area contributed by atoms with Gasteiger partial charge in [0.05, 0.1) is 0 Å². The summed E-state index contributed by atoms with van der Waals surface area (Å²) in [4.78, 5) is 26.1. The lowest BCUT2D eigenvalue weighted by atomic mass is 9.92. The quantitative estimate of drug-likeness (QED) is 0.647. The van der Waals surface area contributed by atoms with Crippen molar-refractivity contribution in [3.05, 3.63) is 0 Å². The van der Waals surface area contributed by atoms with Crippen LogP contribution in [0.1, 0.15) is 25.7 Å². The van der Waals surface area contributed by atoms with Crippen LogP contribution in [0.25, 0.3) is 0 Å². The molecule has 4 atom stereocenters. The van der Waals surface area contributed by atoms with Crippen LogP contribution in [-0.2, 0) is 4.79 Å². The van der Waals surface area contributed by atoms with Gasteiger partial charge in [0.15, 0.2) is 0 Å². The third-order valence-corrected chi connectivity index (χ3v) is 5.52. The standard InChI is InChI=1S/C14H22N4O2/c19-13(11-4-3-10-7-18(11)14(20)16-10)17-12-8-1-2-9(12)6-15-5-8/h8-12,15H,1-7H2,(H,16,20)(H,17,19)/t8?,9?,10-,11+,12?/m1/s1. The van der Waals surface area contributed by atoms with Crippen molar-refractivity contribution in [3.63, 3.8) is 0 Å². The van der Waals surface area contributed by atoms with Crippen LogP contribution in [0, 0.1) is 11.8 Å². The van der Waals surface area contributed by atoms with Crippen LogP contribution in [0.15, 0.2) is 0 Å². The molecule has 4 aliphatic rings. The Hall–Kier alpha value is -1.30. The molecular formula is C14H22N4O2. The number of urea groups is 1. The van der Waals surface area contributed by atoms with Crippen LogP contribution >= 0.6 is 0 Å². The van der Waals surface area contributed by atoms with Crippen molar-refractivity contribution in [2.24, 2.45) is 11.8 Å². The average Bonchev–Trinajstić information content (AvgIpc) is 2.83. The molecule has 0 aromatic heterocycles. The lowest BCUT2D eigenvalue weighted by molar-refractivity contribution is -0.127. The molecule has 6 heteroatoms. The van der Waals surface area contributed by atoms with Crippen LogP contribution in [0.5, 0.6) is 0 Å². The molecule has 0 aromatic carbocycles. The van der Waals surface area contributed by atoms with Crippen molar-refractivity contribution < 1.29 is 9.59 Å². The Morgan fingerprint density at radius 3 is 2.65 bits per heavy atom.